The molecule has 0 amide bonds. The monoisotopic (exact) mass is 725 g/mol. The molecule has 4 heterocycles. The number of hydrogen-bond acceptors (Lipinski definition) is 9. The second-order valence-electron chi connectivity index (χ2n) is 12.1. The number of nitrogens with zero attached hydrogens (tertiary/aromatic N) is 1. The van der Waals surface area contributed by atoms with E-state index >= 15 is 4.39 Å². The molecule has 0 spiro atoms. The van der Waals surface area contributed by atoms with Gasteiger partial charge >= 0.3 is 11.9 Å². The summed E-state index contributed by atoms with van der Waals surface area (Å²) in [7, 11) is 3.02. The summed E-state index contributed by atoms with van der Waals surface area (Å²) in [5.74, 6) is -0.752. The van der Waals surface area contributed by atoms with Crippen molar-refractivity contribution in [1.82, 2.24) is 4.90 Å². The zero-order valence-electron chi connectivity index (χ0n) is 27.5. The van der Waals surface area contributed by atoms with E-state index in [1.807, 2.05) is 18.2 Å². The number of halogens is 3. The number of nitrogens with one attached hydrogen (secondary N) is 2. The quantitative estimate of drug-likeness (QED) is 0.158. The number of ether oxygens (including phenoxy) is 4. The van der Waals surface area contributed by atoms with Crippen LogP contribution in [0.4, 0.5) is 10.1 Å². The Morgan fingerprint density at radius 2 is 1.64 bits per heavy atom. The van der Waals surface area contributed by atoms with Crippen LogP contribution in [0.3, 0.4) is 0 Å². The number of piperidine rings is 3. The zero-order valence-corrected chi connectivity index (χ0v) is 29.0. The first-order valence-corrected chi connectivity index (χ1v) is 16.8. The molecule has 0 aliphatic carbocycles. The molecule has 3 saturated heterocycles. The van der Waals surface area contributed by atoms with Gasteiger partial charge in [-0.3, -0.25) is 4.90 Å². The number of pyridine rings is 1. The molecular formula is C37H38Cl2FN3O7. The van der Waals surface area contributed by atoms with E-state index in [0.29, 0.717) is 50.7 Å². The standard InChI is InChI=1S/C37H36Cl2FN3O6.H2O/c1-46-31-11-9-24(17-33(31)47-2)32(18-26-27(38)19-41-20-28(26)39)48-36(44)25-8-10-30(29(40)16-25)42-35(23-6-4-3-5-7-23)37(45)49-34-21-43-14-12-22(34)13-15-43;/h3-11,16-17,19-20,22,32,34-35,42H,12-15,18,21H2,1-2H3;1H2/t32-,34-,35?;/m0./s1. The first kappa shape index (κ1) is 36.9. The Morgan fingerprint density at radius 3 is 2.26 bits per heavy atom. The van der Waals surface area contributed by atoms with E-state index in [1.165, 1.54) is 26.4 Å². The van der Waals surface area contributed by atoms with Gasteiger partial charge in [0.2, 0.25) is 0 Å². The van der Waals surface area contributed by atoms with Crippen LogP contribution in [0.2, 0.25) is 10.0 Å². The van der Waals surface area contributed by atoms with Crippen LogP contribution in [0.5, 0.6) is 11.5 Å². The lowest BCUT2D eigenvalue weighted by Crippen LogP contribution is -2.52. The number of methoxy groups -OCH3 is 2. The fourth-order valence-corrected chi connectivity index (χ4v) is 6.97. The van der Waals surface area contributed by atoms with Crippen molar-refractivity contribution in [3.63, 3.8) is 0 Å². The van der Waals surface area contributed by atoms with E-state index in [-0.39, 0.29) is 29.3 Å². The van der Waals surface area contributed by atoms with Crippen molar-refractivity contribution in [3.8, 4) is 11.5 Å². The normalized spacial score (nSPS) is 19.0. The van der Waals surface area contributed by atoms with E-state index < -0.39 is 29.9 Å². The van der Waals surface area contributed by atoms with Crippen LogP contribution >= 0.6 is 23.2 Å². The summed E-state index contributed by atoms with van der Waals surface area (Å²) in [5, 5.41) is 3.74. The molecule has 0 saturated carbocycles. The Bertz CT molecular complexity index is 1790. The molecule has 3 aliphatic rings. The highest BCUT2D eigenvalue weighted by molar-refractivity contribution is 6.35. The Labute approximate surface area is 299 Å². The maximum atomic E-state index is 15.7. The number of aromatic nitrogens is 1. The predicted molar refractivity (Wildman–Crippen MR) is 185 cm³/mol. The summed E-state index contributed by atoms with van der Waals surface area (Å²) in [6, 6.07) is 17.1. The zero-order chi connectivity index (χ0) is 34.5. The number of hydrogen-bond donors (Lipinski definition) is 1. The molecule has 264 valence electrons. The lowest BCUT2D eigenvalue weighted by molar-refractivity contribution is -0.377. The third-order valence-electron chi connectivity index (χ3n) is 9.15. The summed E-state index contributed by atoms with van der Waals surface area (Å²) in [6.07, 6.45) is 4.17. The number of H-pyrrole nitrogens is 1. The molecule has 1 aromatic heterocycles. The average molecular weight is 727 g/mol. The molecule has 7 rings (SSSR count). The summed E-state index contributed by atoms with van der Waals surface area (Å²) >= 11 is 12.9. The van der Waals surface area contributed by atoms with Crippen molar-refractivity contribution in [1.29, 1.82) is 0 Å². The van der Waals surface area contributed by atoms with Gasteiger partial charge in [0.05, 0.1) is 25.5 Å². The first-order chi connectivity index (χ1) is 23.7. The molecule has 3 atom stereocenters. The average Bonchev–Trinajstić information content (AvgIpc) is 3.12. The lowest BCUT2D eigenvalue weighted by Gasteiger charge is -2.44. The van der Waals surface area contributed by atoms with Crippen LogP contribution in [0.15, 0.2) is 79.1 Å². The van der Waals surface area contributed by atoms with Gasteiger partial charge in [-0.1, -0.05) is 59.6 Å². The fourth-order valence-electron chi connectivity index (χ4n) is 6.43. The molecule has 3 aliphatic heterocycles. The minimum absolute atomic E-state index is 0. The van der Waals surface area contributed by atoms with Crippen molar-refractivity contribution in [2.45, 2.75) is 37.5 Å². The molecule has 4 aromatic rings. The molecule has 2 bridgehead atoms. The molecule has 0 radical (unpaired) electrons. The van der Waals surface area contributed by atoms with Gasteiger partial charge in [-0.2, -0.15) is 0 Å². The van der Waals surface area contributed by atoms with Gasteiger partial charge in [0.25, 0.3) is 0 Å². The summed E-state index contributed by atoms with van der Waals surface area (Å²) < 4.78 is 38.6. The van der Waals surface area contributed by atoms with Gasteiger partial charge in [-0.25, -0.2) is 19.0 Å². The van der Waals surface area contributed by atoms with Crippen molar-refractivity contribution in [3.05, 3.63) is 117 Å². The minimum atomic E-state index is -0.962. The largest absolute Gasteiger partial charge is 0.870 e. The van der Waals surface area contributed by atoms with Crippen LogP contribution in [0, 0.1) is 11.7 Å². The van der Waals surface area contributed by atoms with Crippen molar-refractivity contribution in [2.24, 2.45) is 5.92 Å². The van der Waals surface area contributed by atoms with E-state index in [1.54, 1.807) is 42.7 Å². The number of aromatic amines is 1. The van der Waals surface area contributed by atoms with E-state index in [0.717, 1.165) is 32.0 Å². The third-order valence-corrected chi connectivity index (χ3v) is 9.83. The van der Waals surface area contributed by atoms with E-state index in [2.05, 4.69) is 15.2 Å². The van der Waals surface area contributed by atoms with Crippen LogP contribution in [0.25, 0.3) is 0 Å². The molecule has 3 aromatic carbocycles. The number of esters is 2. The van der Waals surface area contributed by atoms with Gasteiger partial charge in [0, 0.05) is 18.5 Å². The smallest absolute Gasteiger partial charge is 0.338 e. The van der Waals surface area contributed by atoms with Gasteiger partial charge < -0.3 is 29.7 Å². The molecule has 1 unspecified atom stereocenters. The molecule has 3 N–H and O–H groups in total. The van der Waals surface area contributed by atoms with Crippen LogP contribution in [-0.2, 0) is 20.7 Å². The maximum absolute atomic E-state index is 15.7. The Morgan fingerprint density at radius 1 is 0.940 bits per heavy atom. The number of carbonyl (C=O) groups is 2. The Balaban J connectivity index is 0.00000486. The fraction of sp³-hybridized carbons (Fsp3) is 0.324. The summed E-state index contributed by atoms with van der Waals surface area (Å²) in [5.41, 5.74) is 1.77. The number of anilines is 1. The van der Waals surface area contributed by atoms with Crippen LogP contribution in [-0.4, -0.2) is 62.3 Å². The Kier molecular flexibility index (Phi) is 12.2. The molecule has 10 nitrogen and oxygen atoms in total. The topological polar surface area (TPSA) is 130 Å². The van der Waals surface area contributed by atoms with E-state index in [9.17, 15) is 9.59 Å². The number of fused-ring (bicyclic) bond motifs is 3. The first-order valence-electron chi connectivity index (χ1n) is 16.0. The number of rotatable bonds is 12. The molecule has 3 fully saturated rings. The van der Waals surface area contributed by atoms with Gasteiger partial charge in [-0.15, -0.1) is 0 Å². The van der Waals surface area contributed by atoms with Crippen molar-refractivity contribution < 1.29 is 43.4 Å². The lowest BCUT2D eigenvalue weighted by atomic mass is 9.86. The minimum Gasteiger partial charge on any atom is -0.870 e. The molecule has 50 heavy (non-hydrogen) atoms. The highest BCUT2D eigenvalue weighted by Crippen LogP contribution is 2.36. The number of benzene rings is 3. The molecule has 13 heteroatoms. The third kappa shape index (κ3) is 8.30. The summed E-state index contributed by atoms with van der Waals surface area (Å²) in [4.78, 5) is 32.3. The maximum Gasteiger partial charge on any atom is 0.338 e. The molecular weight excluding hydrogens is 688 g/mol. The second-order valence-corrected chi connectivity index (χ2v) is 13.0. The van der Waals surface area contributed by atoms with Crippen molar-refractivity contribution in [2.75, 3.05) is 39.2 Å². The second kappa shape index (κ2) is 16.5. The predicted octanol–water partition coefficient (Wildman–Crippen LogP) is 6.72. The highest BCUT2D eigenvalue weighted by Gasteiger charge is 2.38. The Hall–Kier alpha value is -4.42. The SMILES string of the molecule is COc1ccc([C@H](Cc2c(Cl)c[nH+]cc2Cl)OC(=O)c2ccc(NC(C(=O)O[C@H]3CN4CCC3CC4)c3ccccc3)c(F)c2)cc1OC.[OH-]. The van der Waals surface area contributed by atoms with Crippen molar-refractivity contribution >= 4 is 40.8 Å². The van der Waals surface area contributed by atoms with Crippen LogP contribution < -0.4 is 19.8 Å². The van der Waals surface area contributed by atoms with Gasteiger partial charge in [0.15, 0.2) is 29.9 Å². The highest BCUT2D eigenvalue weighted by atomic mass is 35.5. The van der Waals surface area contributed by atoms with Gasteiger partial charge in [0.1, 0.15) is 28.1 Å². The number of carbonyl (C=O) groups excluding carboxylic acids is 2. The van der Waals surface area contributed by atoms with Crippen LogP contribution in [0.1, 0.15) is 52.0 Å². The van der Waals surface area contributed by atoms with E-state index in [4.69, 9.17) is 42.1 Å². The van der Waals surface area contributed by atoms with Gasteiger partial charge in [-0.05, 0) is 73.3 Å². The summed E-state index contributed by atoms with van der Waals surface area (Å²) in [6.45, 7) is 2.73.